The quantitative estimate of drug-likeness (QED) is 0.575. The highest BCUT2D eigenvalue weighted by atomic mass is 35.5. The molecule has 82 valence electrons. The minimum absolute atomic E-state index is 0.0811. The van der Waals surface area contributed by atoms with E-state index in [0.29, 0.717) is 18.7 Å². The molecule has 1 aromatic rings. The molecule has 0 radical (unpaired) electrons. The van der Waals surface area contributed by atoms with Crippen LogP contribution in [0.5, 0.6) is 0 Å². The summed E-state index contributed by atoms with van der Waals surface area (Å²) >= 11 is 5.54. The molecule has 0 heterocycles. The van der Waals surface area contributed by atoms with Crippen LogP contribution < -0.4 is 0 Å². The van der Waals surface area contributed by atoms with Crippen LogP contribution in [-0.4, -0.2) is 6.61 Å². The SMILES string of the molecule is CCOC(Cl)=Cc1cc(F)c(F)cc1F. The third-order valence-electron chi connectivity index (χ3n) is 1.59. The summed E-state index contributed by atoms with van der Waals surface area (Å²) in [6.45, 7) is 2.00. The highest BCUT2D eigenvalue weighted by molar-refractivity contribution is 6.30. The Hall–Kier alpha value is -1.16. The summed E-state index contributed by atoms with van der Waals surface area (Å²) in [5.41, 5.74) is -0.160. The molecule has 0 bridgehead atoms. The fraction of sp³-hybridized carbons (Fsp3) is 0.200. The maximum atomic E-state index is 13.1. The summed E-state index contributed by atoms with van der Waals surface area (Å²) in [5, 5.41) is -0.0811. The second-order valence-corrected chi connectivity index (χ2v) is 3.04. The molecule has 0 aliphatic rings. The smallest absolute Gasteiger partial charge is 0.187 e. The van der Waals surface area contributed by atoms with Crippen LogP contribution in [0.4, 0.5) is 13.2 Å². The Morgan fingerprint density at radius 2 is 1.87 bits per heavy atom. The minimum atomic E-state index is -1.24. The number of hydrogen-bond acceptors (Lipinski definition) is 1. The van der Waals surface area contributed by atoms with E-state index in [-0.39, 0.29) is 10.8 Å². The first-order valence-corrected chi connectivity index (χ1v) is 4.57. The predicted molar refractivity (Wildman–Crippen MR) is 51.8 cm³/mol. The van der Waals surface area contributed by atoms with E-state index in [1.54, 1.807) is 6.92 Å². The van der Waals surface area contributed by atoms with Crippen molar-refractivity contribution in [2.24, 2.45) is 0 Å². The molecule has 5 heteroatoms. The normalized spacial score (nSPS) is 11.7. The molecule has 0 saturated heterocycles. The molecule has 0 saturated carbocycles. The van der Waals surface area contributed by atoms with Gasteiger partial charge in [-0.25, -0.2) is 13.2 Å². The highest BCUT2D eigenvalue weighted by Crippen LogP contribution is 2.18. The lowest BCUT2D eigenvalue weighted by Gasteiger charge is -2.02. The van der Waals surface area contributed by atoms with Crippen molar-refractivity contribution in [3.05, 3.63) is 40.4 Å². The Morgan fingerprint density at radius 3 is 2.47 bits per heavy atom. The Morgan fingerprint density at radius 1 is 1.27 bits per heavy atom. The molecule has 0 N–H and O–H groups in total. The standard InChI is InChI=1S/C10H8ClF3O/c1-2-15-10(11)4-6-3-8(13)9(14)5-7(6)12/h3-5H,2H2,1H3. The fourth-order valence-corrected chi connectivity index (χ4v) is 1.18. The van der Waals surface area contributed by atoms with Gasteiger partial charge in [-0.3, -0.25) is 0 Å². The third kappa shape index (κ3) is 3.16. The Balaban J connectivity index is 3.05. The summed E-state index contributed by atoms with van der Waals surface area (Å²) in [6.07, 6.45) is 1.09. The van der Waals surface area contributed by atoms with Crippen LogP contribution in [0.1, 0.15) is 12.5 Å². The summed E-state index contributed by atoms with van der Waals surface area (Å²) in [4.78, 5) is 0. The second-order valence-electron chi connectivity index (χ2n) is 2.67. The number of rotatable bonds is 3. The molecule has 1 aromatic carbocycles. The van der Waals surface area contributed by atoms with Crippen molar-refractivity contribution >= 4 is 17.7 Å². The highest BCUT2D eigenvalue weighted by Gasteiger charge is 2.08. The molecule has 0 amide bonds. The average Bonchev–Trinajstić information content (AvgIpc) is 2.14. The number of ether oxygens (including phenoxy) is 1. The van der Waals surface area contributed by atoms with Crippen molar-refractivity contribution in [3.8, 4) is 0 Å². The van der Waals surface area contributed by atoms with E-state index < -0.39 is 17.5 Å². The molecule has 1 rings (SSSR count). The van der Waals surface area contributed by atoms with Gasteiger partial charge in [0.2, 0.25) is 0 Å². The molecule has 0 unspecified atom stereocenters. The van der Waals surface area contributed by atoms with E-state index in [1.165, 1.54) is 0 Å². The monoisotopic (exact) mass is 236 g/mol. The van der Waals surface area contributed by atoms with Crippen LogP contribution in [0.25, 0.3) is 6.08 Å². The second kappa shape index (κ2) is 5.07. The van der Waals surface area contributed by atoms with Crippen molar-refractivity contribution in [1.82, 2.24) is 0 Å². The summed E-state index contributed by atoms with van der Waals surface area (Å²) < 4.78 is 43.2. The van der Waals surface area contributed by atoms with Crippen molar-refractivity contribution in [3.63, 3.8) is 0 Å². The van der Waals surface area contributed by atoms with Crippen LogP contribution in [0.3, 0.4) is 0 Å². The van der Waals surface area contributed by atoms with Crippen molar-refractivity contribution < 1.29 is 17.9 Å². The molecule has 0 atom stereocenters. The van der Waals surface area contributed by atoms with Gasteiger partial charge in [0, 0.05) is 17.7 Å². The van der Waals surface area contributed by atoms with E-state index in [4.69, 9.17) is 16.3 Å². The summed E-state index contributed by atoms with van der Waals surface area (Å²) in [6, 6.07) is 1.17. The zero-order chi connectivity index (χ0) is 11.4. The molecular weight excluding hydrogens is 229 g/mol. The number of hydrogen-bond donors (Lipinski definition) is 0. The fourth-order valence-electron chi connectivity index (χ4n) is 0.950. The van der Waals surface area contributed by atoms with Crippen LogP contribution in [0, 0.1) is 17.5 Å². The van der Waals surface area contributed by atoms with Crippen LogP contribution >= 0.6 is 11.6 Å². The van der Waals surface area contributed by atoms with Gasteiger partial charge in [-0.2, -0.15) is 0 Å². The van der Waals surface area contributed by atoms with E-state index in [9.17, 15) is 13.2 Å². The summed E-state index contributed by atoms with van der Waals surface area (Å²) in [5.74, 6) is -3.27. The zero-order valence-electron chi connectivity index (χ0n) is 7.86. The van der Waals surface area contributed by atoms with Gasteiger partial charge in [-0.05, 0) is 24.6 Å². The Bertz CT molecular complexity index is 390. The lowest BCUT2D eigenvalue weighted by Crippen LogP contribution is -1.92. The lowest BCUT2D eigenvalue weighted by atomic mass is 10.2. The molecule has 0 spiro atoms. The molecular formula is C10H8ClF3O. The first-order chi connectivity index (χ1) is 7.04. The maximum Gasteiger partial charge on any atom is 0.187 e. The van der Waals surface area contributed by atoms with E-state index in [1.807, 2.05) is 0 Å². The zero-order valence-corrected chi connectivity index (χ0v) is 8.62. The van der Waals surface area contributed by atoms with Crippen LogP contribution in [0.15, 0.2) is 17.4 Å². The average molecular weight is 237 g/mol. The summed E-state index contributed by atoms with van der Waals surface area (Å²) in [7, 11) is 0. The van der Waals surface area contributed by atoms with Gasteiger partial charge in [0.1, 0.15) is 5.82 Å². The molecule has 0 aliphatic carbocycles. The molecule has 15 heavy (non-hydrogen) atoms. The van der Waals surface area contributed by atoms with Gasteiger partial charge in [0.25, 0.3) is 0 Å². The van der Waals surface area contributed by atoms with E-state index in [0.717, 1.165) is 6.08 Å². The molecule has 0 aromatic heterocycles. The van der Waals surface area contributed by atoms with Gasteiger partial charge < -0.3 is 4.74 Å². The maximum absolute atomic E-state index is 13.1. The van der Waals surface area contributed by atoms with E-state index in [2.05, 4.69) is 0 Å². The van der Waals surface area contributed by atoms with Crippen molar-refractivity contribution in [2.75, 3.05) is 6.61 Å². The lowest BCUT2D eigenvalue weighted by molar-refractivity contribution is 0.258. The van der Waals surface area contributed by atoms with Crippen LogP contribution in [0.2, 0.25) is 0 Å². The van der Waals surface area contributed by atoms with Crippen molar-refractivity contribution in [2.45, 2.75) is 6.92 Å². The third-order valence-corrected chi connectivity index (χ3v) is 1.81. The van der Waals surface area contributed by atoms with Gasteiger partial charge in [-0.1, -0.05) is 0 Å². The largest absolute Gasteiger partial charge is 0.483 e. The van der Waals surface area contributed by atoms with Gasteiger partial charge in [-0.15, -0.1) is 0 Å². The predicted octanol–water partition coefficient (Wildman–Crippen LogP) is 3.68. The Labute approximate surface area is 90.1 Å². The molecule has 0 fully saturated rings. The van der Waals surface area contributed by atoms with Gasteiger partial charge >= 0.3 is 0 Å². The minimum Gasteiger partial charge on any atom is -0.483 e. The first-order valence-electron chi connectivity index (χ1n) is 4.19. The van der Waals surface area contributed by atoms with Crippen LogP contribution in [-0.2, 0) is 4.74 Å². The van der Waals surface area contributed by atoms with E-state index >= 15 is 0 Å². The molecule has 0 aliphatic heterocycles. The Kier molecular flexibility index (Phi) is 4.03. The number of benzene rings is 1. The van der Waals surface area contributed by atoms with Crippen molar-refractivity contribution in [1.29, 1.82) is 0 Å². The number of halogens is 4. The topological polar surface area (TPSA) is 9.23 Å². The molecule has 1 nitrogen and oxygen atoms in total. The van der Waals surface area contributed by atoms with Gasteiger partial charge in [0.05, 0.1) is 6.61 Å². The first kappa shape index (κ1) is 11.9. The van der Waals surface area contributed by atoms with Gasteiger partial charge in [0.15, 0.2) is 16.9 Å².